The van der Waals surface area contributed by atoms with Crippen molar-refractivity contribution in [2.75, 3.05) is 0 Å². The van der Waals surface area contributed by atoms with Gasteiger partial charge >= 0.3 is 0 Å². The number of aromatic amines is 2. The van der Waals surface area contributed by atoms with Crippen LogP contribution in [0.2, 0.25) is 0 Å². The van der Waals surface area contributed by atoms with E-state index in [9.17, 15) is 0 Å². The van der Waals surface area contributed by atoms with E-state index < -0.39 is 0 Å². The van der Waals surface area contributed by atoms with Crippen molar-refractivity contribution in [3.8, 4) is 45.6 Å². The smallest absolute Gasteiger partial charge is 0.164 e. The molecule has 2 N–H and O–H groups in total. The summed E-state index contributed by atoms with van der Waals surface area (Å²) in [5.41, 5.74) is 15.5. The molecule has 0 unspecified atom stereocenters. The van der Waals surface area contributed by atoms with Crippen molar-refractivity contribution < 1.29 is 0 Å². The lowest BCUT2D eigenvalue weighted by Crippen LogP contribution is -1.88. The van der Waals surface area contributed by atoms with Crippen molar-refractivity contribution in [1.82, 2.24) is 39.9 Å². The van der Waals surface area contributed by atoms with E-state index in [1.165, 1.54) is 44.5 Å². The molecule has 0 aliphatic carbocycles. The average molecular weight is 1490 g/mol. The predicted octanol–water partition coefficient (Wildman–Crippen LogP) is 26.5. The van der Waals surface area contributed by atoms with Crippen LogP contribution in [0.25, 0.3) is 89.7 Å². The molecule has 16 heteroatoms. The molecule has 2 aliphatic rings. The number of H-pyrrole nitrogens is 2. The molecule has 0 radical (unpaired) electrons. The van der Waals surface area contributed by atoms with Gasteiger partial charge in [-0.2, -0.15) is 0 Å². The number of aryl methyl sites for hydroxylation is 8. The molecular weight excluding hydrogens is 1430 g/mol. The second-order valence-corrected chi connectivity index (χ2v) is 35.2. The van der Waals surface area contributed by atoms with Crippen molar-refractivity contribution in [2.45, 2.75) is 134 Å². The summed E-state index contributed by atoms with van der Waals surface area (Å²) in [6.45, 7) is 17.1. The van der Waals surface area contributed by atoms with Crippen LogP contribution in [-0.4, -0.2) is 39.9 Å². The van der Waals surface area contributed by atoms with Crippen LogP contribution in [0.4, 0.5) is 0 Å². The third-order valence-corrected chi connectivity index (χ3v) is 27.1. The van der Waals surface area contributed by atoms with E-state index in [0.717, 1.165) is 122 Å². The van der Waals surface area contributed by atoms with Crippen LogP contribution in [0, 0.1) is 55.4 Å². The first-order chi connectivity index (χ1) is 50.6. The van der Waals surface area contributed by atoms with Crippen molar-refractivity contribution >= 4 is 138 Å². The zero-order valence-electron chi connectivity index (χ0n) is 58.0. The average Bonchev–Trinajstić information content (AvgIpc) is 1.59. The zero-order chi connectivity index (χ0) is 70.7. The van der Waals surface area contributed by atoms with Gasteiger partial charge in [0.25, 0.3) is 0 Å². The molecule has 8 nitrogen and oxygen atoms in total. The Labute approximate surface area is 638 Å². The highest BCUT2D eigenvalue weighted by molar-refractivity contribution is 8.03. The van der Waals surface area contributed by atoms with Gasteiger partial charge in [0.2, 0.25) is 0 Å². The SMILES string of the molecule is Cc1ccc(Sc2cc3c(cc2Sc2ccc(C)cc2)-c2nc-3nc3[nH]c(nc4nc(nc5[nH]c(n2)c2cc(Sc6ccc(C)cc6)c(Sc6ccc(C)cc6)cc52)-c2cc(Sc5ccc(C)cc5)c(Sc5ccc(C)cc5)cc2-4)c2cc(Sc4ccc(C)cc4)c(Sc4ccc(C)cc4)cc32)cc1. The molecule has 3 aromatic heterocycles. The number of hydrogen-bond acceptors (Lipinski definition) is 14. The van der Waals surface area contributed by atoms with E-state index in [2.05, 4.69) is 308 Å². The first-order valence-electron chi connectivity index (χ1n) is 34.1. The number of aromatic nitrogens is 8. The molecule has 0 spiro atoms. The number of hydrogen-bond donors (Lipinski definition) is 2. The standard InChI is InChI=1S/C88H66N8S8/c1-49-9-25-57(26-10-49)97-73-41-65-66(42-74(73)98-58-27-11-50(2)12-28-58)82-89-81(65)93-83-67-43-75(99-59-29-13-51(3)14-30-59)76(100-60-31-15-52(4)16-32-60)44-68(67)85(90-83)95-87-71-47-79(103-63-37-21-55(7)22-38-63)80(104-64-39-23-56(8)24-40-64)48-72(71)88(92-87)96-86-70-46-78(102-62-35-19-54(6)20-36-62)77(45-69(70)84(91-86)94-82)101-61-33-17-53(5)18-34-61/h9-48H,1-8H3,(H2,89,90,91,92,93,94,95,96). The van der Waals surface area contributed by atoms with Gasteiger partial charge in [-0.05, 0) is 201 Å². The van der Waals surface area contributed by atoms with E-state index in [-0.39, 0.29) is 0 Å². The van der Waals surface area contributed by atoms with Crippen molar-refractivity contribution in [1.29, 1.82) is 0 Å². The summed E-state index contributed by atoms with van der Waals surface area (Å²) >= 11 is 14.0. The van der Waals surface area contributed by atoms with Gasteiger partial charge in [0.1, 0.15) is 22.6 Å². The van der Waals surface area contributed by atoms with Gasteiger partial charge in [0.15, 0.2) is 23.3 Å². The topological polar surface area (TPSA) is 109 Å². The largest absolute Gasteiger partial charge is 0.324 e. The van der Waals surface area contributed by atoms with E-state index in [4.69, 9.17) is 29.9 Å². The fourth-order valence-electron chi connectivity index (χ4n) is 12.3. The van der Waals surface area contributed by atoms with Crippen molar-refractivity contribution in [2.24, 2.45) is 0 Å². The fourth-order valence-corrected chi connectivity index (χ4v) is 20.2. The van der Waals surface area contributed by atoms with Crippen molar-refractivity contribution in [3.63, 3.8) is 0 Å². The number of rotatable bonds is 16. The molecule has 2 aliphatic heterocycles. The molecule has 0 amide bonds. The minimum Gasteiger partial charge on any atom is -0.324 e. The van der Waals surface area contributed by atoms with Gasteiger partial charge in [0.05, 0.1) is 0 Å². The van der Waals surface area contributed by atoms with Crippen LogP contribution in [0.5, 0.6) is 0 Å². The highest BCUT2D eigenvalue weighted by Gasteiger charge is 2.28. The summed E-state index contributed by atoms with van der Waals surface area (Å²) in [6.07, 6.45) is 0. The second kappa shape index (κ2) is 29.0. The maximum atomic E-state index is 5.78. The lowest BCUT2D eigenvalue weighted by atomic mass is 10.1. The number of benzene rings is 12. The molecule has 0 atom stereocenters. The monoisotopic (exact) mass is 1490 g/mol. The Bertz CT molecular complexity index is 5290. The van der Waals surface area contributed by atoms with Crippen LogP contribution < -0.4 is 0 Å². The minimum absolute atomic E-state index is 0.521. The fraction of sp³-hybridized carbons (Fsp3) is 0.0909. The quantitative estimate of drug-likeness (QED) is 0.0958. The Hall–Kier alpha value is -9.20. The highest BCUT2D eigenvalue weighted by Crippen LogP contribution is 2.51. The summed E-state index contributed by atoms with van der Waals surface area (Å²) in [5, 5.41) is 3.54. The lowest BCUT2D eigenvalue weighted by Gasteiger charge is -2.13. The molecule has 5 heterocycles. The lowest BCUT2D eigenvalue weighted by molar-refractivity contribution is 1.19. The zero-order valence-corrected chi connectivity index (χ0v) is 64.6. The van der Waals surface area contributed by atoms with Gasteiger partial charge in [0, 0.05) is 122 Å². The number of fused-ring (bicyclic) bond motifs is 20. The summed E-state index contributed by atoms with van der Waals surface area (Å²) in [5.74, 6) is 2.08. The summed E-state index contributed by atoms with van der Waals surface area (Å²) in [7, 11) is 0. The van der Waals surface area contributed by atoms with Crippen LogP contribution in [0.15, 0.2) is 321 Å². The third kappa shape index (κ3) is 14.7. The van der Waals surface area contributed by atoms with Gasteiger partial charge in [-0.1, -0.05) is 236 Å². The molecule has 506 valence electrons. The predicted molar refractivity (Wildman–Crippen MR) is 438 cm³/mol. The van der Waals surface area contributed by atoms with Crippen molar-refractivity contribution in [3.05, 3.63) is 287 Å². The molecule has 15 aromatic rings. The number of nitrogens with one attached hydrogen (secondary N) is 2. The van der Waals surface area contributed by atoms with E-state index >= 15 is 0 Å². The molecule has 0 fully saturated rings. The summed E-state index contributed by atoms with van der Waals surface area (Å²) < 4.78 is 0. The van der Waals surface area contributed by atoms with Gasteiger partial charge in [-0.25, -0.2) is 29.9 Å². The van der Waals surface area contributed by atoms with Crippen LogP contribution in [0.1, 0.15) is 44.5 Å². The highest BCUT2D eigenvalue weighted by atomic mass is 32.2. The molecule has 17 rings (SSSR count). The Kier molecular flexibility index (Phi) is 19.0. The number of nitrogens with zero attached hydrogens (tertiary/aromatic N) is 6. The molecular formula is C88H66N8S8. The van der Waals surface area contributed by atoms with Crippen LogP contribution in [-0.2, 0) is 0 Å². The first kappa shape index (κ1) is 67.9. The molecule has 8 bridgehead atoms. The molecule has 0 saturated heterocycles. The summed E-state index contributed by atoms with van der Waals surface area (Å²) in [6, 6.07) is 88.4. The normalized spacial score (nSPS) is 11.8. The van der Waals surface area contributed by atoms with Gasteiger partial charge in [-0.15, -0.1) is 0 Å². The van der Waals surface area contributed by atoms with Crippen LogP contribution in [0.3, 0.4) is 0 Å². The Morgan fingerprint density at radius 3 is 0.481 bits per heavy atom. The maximum Gasteiger partial charge on any atom is 0.164 e. The van der Waals surface area contributed by atoms with Gasteiger partial charge < -0.3 is 9.97 Å². The Morgan fingerprint density at radius 2 is 0.327 bits per heavy atom. The van der Waals surface area contributed by atoms with Gasteiger partial charge in [-0.3, -0.25) is 0 Å². The first-order valence-corrected chi connectivity index (χ1v) is 40.7. The third-order valence-electron chi connectivity index (χ3n) is 18.1. The van der Waals surface area contributed by atoms with E-state index in [1.807, 2.05) is 0 Å². The van der Waals surface area contributed by atoms with E-state index in [1.54, 1.807) is 94.1 Å². The summed E-state index contributed by atoms with van der Waals surface area (Å²) in [4.78, 5) is 59.8. The molecule has 0 saturated carbocycles. The Balaban J connectivity index is 0.985. The molecule has 104 heavy (non-hydrogen) atoms. The molecule has 12 aromatic carbocycles. The Morgan fingerprint density at radius 1 is 0.183 bits per heavy atom. The maximum absolute atomic E-state index is 5.78. The second-order valence-electron chi connectivity index (χ2n) is 26.3. The minimum atomic E-state index is 0.521. The van der Waals surface area contributed by atoms with E-state index in [0.29, 0.717) is 45.9 Å². The van der Waals surface area contributed by atoms with Crippen LogP contribution >= 0.6 is 94.1 Å².